The van der Waals surface area contributed by atoms with Gasteiger partial charge in [-0.2, -0.15) is 0 Å². The van der Waals surface area contributed by atoms with Crippen LogP contribution in [0.2, 0.25) is 0 Å². The van der Waals surface area contributed by atoms with E-state index in [1.165, 1.54) is 12.8 Å². The van der Waals surface area contributed by atoms with Crippen molar-refractivity contribution in [3.63, 3.8) is 0 Å². The Morgan fingerprint density at radius 3 is 2.26 bits per heavy atom. The molecule has 3 rings (SSSR count). The van der Waals surface area contributed by atoms with Crippen LogP contribution < -0.4 is 15.0 Å². The first kappa shape index (κ1) is 18.8. The summed E-state index contributed by atoms with van der Waals surface area (Å²) >= 11 is 0. The highest BCUT2D eigenvalue weighted by Crippen LogP contribution is 2.26. The Labute approximate surface area is 158 Å². The van der Waals surface area contributed by atoms with Crippen LogP contribution in [0.1, 0.15) is 46.4 Å². The van der Waals surface area contributed by atoms with Crippen LogP contribution >= 0.6 is 0 Å². The smallest absolute Gasteiger partial charge is 0.337 e. The number of carbonyl (C=O) groups is 2. The number of aromatic carboxylic acids is 1. The minimum absolute atomic E-state index is 0.0959. The molecular weight excluding hydrogens is 344 g/mol. The molecule has 0 spiro atoms. The van der Waals surface area contributed by atoms with E-state index in [2.05, 4.69) is 10.2 Å². The zero-order valence-electron chi connectivity index (χ0n) is 15.4. The van der Waals surface area contributed by atoms with Gasteiger partial charge in [0.05, 0.1) is 18.4 Å². The number of rotatable bonds is 5. The summed E-state index contributed by atoms with van der Waals surface area (Å²) in [6.45, 7) is 1.85. The number of carboxylic acids is 1. The minimum atomic E-state index is -1.06. The molecule has 0 radical (unpaired) electrons. The molecule has 27 heavy (non-hydrogen) atoms. The standard InChI is InChI=1S/C21H24N2O4/c1-27-17-9-6-15(7-10-17)20(24)22-19-11-8-16(14-18(19)21(25)26)23-12-4-2-3-5-13-23/h6-11,14H,2-5,12-13H2,1H3,(H,22,24)(H,25,26). The van der Waals surface area contributed by atoms with Crippen molar-refractivity contribution in [2.45, 2.75) is 25.7 Å². The number of carbonyl (C=O) groups excluding carboxylic acids is 1. The van der Waals surface area contributed by atoms with Gasteiger partial charge in [-0.25, -0.2) is 4.79 Å². The minimum Gasteiger partial charge on any atom is -0.497 e. The molecule has 1 saturated heterocycles. The second-order valence-corrected chi connectivity index (χ2v) is 6.62. The molecule has 0 aromatic heterocycles. The van der Waals surface area contributed by atoms with Gasteiger partial charge in [0, 0.05) is 24.3 Å². The van der Waals surface area contributed by atoms with E-state index in [-0.39, 0.29) is 11.5 Å². The normalized spacial score (nSPS) is 14.3. The average Bonchev–Trinajstić information content (AvgIpc) is 2.97. The van der Waals surface area contributed by atoms with Crippen molar-refractivity contribution in [2.24, 2.45) is 0 Å². The summed E-state index contributed by atoms with van der Waals surface area (Å²) in [7, 11) is 1.56. The van der Waals surface area contributed by atoms with E-state index in [1.807, 2.05) is 6.07 Å². The van der Waals surface area contributed by atoms with E-state index in [1.54, 1.807) is 43.5 Å². The lowest BCUT2D eigenvalue weighted by molar-refractivity contribution is 0.0698. The van der Waals surface area contributed by atoms with Crippen LogP contribution in [0.4, 0.5) is 11.4 Å². The van der Waals surface area contributed by atoms with Crippen molar-refractivity contribution >= 4 is 23.3 Å². The first-order chi connectivity index (χ1) is 13.1. The van der Waals surface area contributed by atoms with Gasteiger partial charge in [-0.1, -0.05) is 12.8 Å². The maximum absolute atomic E-state index is 12.5. The van der Waals surface area contributed by atoms with Gasteiger partial charge in [0.15, 0.2) is 0 Å². The number of hydrogen-bond donors (Lipinski definition) is 2. The molecule has 0 saturated carbocycles. The summed E-state index contributed by atoms with van der Waals surface area (Å²) in [6, 6.07) is 11.9. The molecule has 142 valence electrons. The van der Waals surface area contributed by atoms with Crippen molar-refractivity contribution in [3.05, 3.63) is 53.6 Å². The Kier molecular flexibility index (Phi) is 5.96. The fourth-order valence-corrected chi connectivity index (χ4v) is 3.28. The van der Waals surface area contributed by atoms with Gasteiger partial charge in [0.25, 0.3) is 5.91 Å². The highest BCUT2D eigenvalue weighted by atomic mass is 16.5. The molecule has 0 aliphatic carbocycles. The molecule has 1 fully saturated rings. The first-order valence-electron chi connectivity index (χ1n) is 9.16. The Morgan fingerprint density at radius 2 is 1.67 bits per heavy atom. The molecule has 1 aliphatic rings. The predicted molar refractivity (Wildman–Crippen MR) is 105 cm³/mol. The van der Waals surface area contributed by atoms with E-state index in [0.29, 0.717) is 17.0 Å². The van der Waals surface area contributed by atoms with Crippen LogP contribution in [0.15, 0.2) is 42.5 Å². The zero-order valence-corrected chi connectivity index (χ0v) is 15.4. The molecule has 6 heteroatoms. The monoisotopic (exact) mass is 368 g/mol. The molecule has 0 atom stereocenters. The number of amides is 1. The molecule has 2 aromatic carbocycles. The number of ether oxygens (including phenoxy) is 1. The maximum atomic E-state index is 12.5. The van der Waals surface area contributed by atoms with Crippen LogP contribution in [0.5, 0.6) is 5.75 Å². The number of nitrogens with zero attached hydrogens (tertiary/aromatic N) is 1. The SMILES string of the molecule is COc1ccc(C(=O)Nc2ccc(N3CCCCCC3)cc2C(=O)O)cc1. The molecule has 2 N–H and O–H groups in total. The molecule has 2 aromatic rings. The van der Waals surface area contributed by atoms with Gasteiger partial charge in [0.2, 0.25) is 0 Å². The summed E-state index contributed by atoms with van der Waals surface area (Å²) in [5.41, 5.74) is 1.71. The number of methoxy groups -OCH3 is 1. The second-order valence-electron chi connectivity index (χ2n) is 6.62. The van der Waals surface area contributed by atoms with Crippen LogP contribution in [0.3, 0.4) is 0 Å². The molecular formula is C21H24N2O4. The van der Waals surface area contributed by atoms with E-state index >= 15 is 0 Å². The first-order valence-corrected chi connectivity index (χ1v) is 9.16. The van der Waals surface area contributed by atoms with E-state index < -0.39 is 5.97 Å². The quantitative estimate of drug-likeness (QED) is 0.833. The molecule has 1 aliphatic heterocycles. The van der Waals surface area contributed by atoms with Gasteiger partial charge < -0.3 is 20.1 Å². The van der Waals surface area contributed by atoms with Crippen molar-refractivity contribution in [3.8, 4) is 5.75 Å². The topological polar surface area (TPSA) is 78.9 Å². The highest BCUT2D eigenvalue weighted by molar-refractivity contribution is 6.08. The Hall–Kier alpha value is -3.02. The van der Waals surface area contributed by atoms with Crippen molar-refractivity contribution in [2.75, 3.05) is 30.4 Å². The lowest BCUT2D eigenvalue weighted by Gasteiger charge is -2.23. The van der Waals surface area contributed by atoms with Gasteiger partial charge in [-0.05, 0) is 55.3 Å². The Bertz CT molecular complexity index is 809. The number of benzene rings is 2. The largest absolute Gasteiger partial charge is 0.497 e. The molecule has 6 nitrogen and oxygen atoms in total. The number of hydrogen-bond acceptors (Lipinski definition) is 4. The zero-order chi connectivity index (χ0) is 19.2. The van der Waals surface area contributed by atoms with Gasteiger partial charge in [0.1, 0.15) is 5.75 Å². The van der Waals surface area contributed by atoms with Crippen LogP contribution in [0.25, 0.3) is 0 Å². The third-order valence-electron chi connectivity index (χ3n) is 4.81. The summed E-state index contributed by atoms with van der Waals surface area (Å²) in [4.78, 5) is 26.4. The fourth-order valence-electron chi connectivity index (χ4n) is 3.28. The number of carboxylic acid groups (broad SMARTS) is 1. The summed E-state index contributed by atoms with van der Waals surface area (Å²) in [5.74, 6) is -0.765. The fraction of sp³-hybridized carbons (Fsp3) is 0.333. The number of nitrogens with one attached hydrogen (secondary N) is 1. The van der Waals surface area contributed by atoms with Crippen molar-refractivity contribution < 1.29 is 19.4 Å². The van der Waals surface area contributed by atoms with Crippen LogP contribution in [-0.4, -0.2) is 37.2 Å². The van der Waals surface area contributed by atoms with E-state index in [9.17, 15) is 14.7 Å². The molecule has 0 bridgehead atoms. The average molecular weight is 368 g/mol. The number of anilines is 2. The predicted octanol–water partition coefficient (Wildman–Crippen LogP) is 4.03. The molecule has 0 unspecified atom stereocenters. The van der Waals surface area contributed by atoms with E-state index in [4.69, 9.17) is 4.74 Å². The van der Waals surface area contributed by atoms with Crippen molar-refractivity contribution in [1.29, 1.82) is 0 Å². The van der Waals surface area contributed by atoms with Crippen LogP contribution in [-0.2, 0) is 0 Å². The third kappa shape index (κ3) is 4.58. The summed E-state index contributed by atoms with van der Waals surface area (Å²) in [6.07, 6.45) is 4.63. The van der Waals surface area contributed by atoms with E-state index in [0.717, 1.165) is 31.6 Å². The van der Waals surface area contributed by atoms with Gasteiger partial charge >= 0.3 is 5.97 Å². The Morgan fingerprint density at radius 1 is 1.00 bits per heavy atom. The summed E-state index contributed by atoms with van der Waals surface area (Å²) < 4.78 is 5.08. The lowest BCUT2D eigenvalue weighted by Crippen LogP contribution is -2.24. The Balaban J connectivity index is 1.81. The second kappa shape index (κ2) is 8.58. The molecule has 1 amide bonds. The summed E-state index contributed by atoms with van der Waals surface area (Å²) in [5, 5.41) is 12.3. The van der Waals surface area contributed by atoms with Gasteiger partial charge in [-0.15, -0.1) is 0 Å². The van der Waals surface area contributed by atoms with Crippen molar-refractivity contribution in [1.82, 2.24) is 0 Å². The lowest BCUT2D eigenvalue weighted by atomic mass is 10.1. The maximum Gasteiger partial charge on any atom is 0.337 e. The molecule has 1 heterocycles. The van der Waals surface area contributed by atoms with Crippen LogP contribution in [0, 0.1) is 0 Å². The highest BCUT2D eigenvalue weighted by Gasteiger charge is 2.17. The third-order valence-corrected chi connectivity index (χ3v) is 4.81. The van der Waals surface area contributed by atoms with Gasteiger partial charge in [-0.3, -0.25) is 4.79 Å².